The Balaban J connectivity index is 1.85. The number of aromatic nitrogens is 2. The zero-order valence-corrected chi connectivity index (χ0v) is 23.4. The van der Waals surface area contributed by atoms with Crippen LogP contribution in [0.2, 0.25) is 10.0 Å². The van der Waals surface area contributed by atoms with E-state index in [1.54, 1.807) is 33.7 Å². The highest BCUT2D eigenvalue weighted by Crippen LogP contribution is 2.28. The average molecular weight is 553 g/mol. The fourth-order valence-electron chi connectivity index (χ4n) is 4.38. The molecule has 1 unspecified atom stereocenters. The first kappa shape index (κ1) is 27.6. The highest BCUT2D eigenvalue weighted by atomic mass is 35.5. The van der Waals surface area contributed by atoms with Gasteiger partial charge in [-0.2, -0.15) is 0 Å². The second-order valence-corrected chi connectivity index (χ2v) is 10.2. The lowest BCUT2D eigenvalue weighted by Gasteiger charge is -2.32. The Morgan fingerprint density at radius 3 is 2.42 bits per heavy atom. The monoisotopic (exact) mass is 551 g/mol. The lowest BCUT2D eigenvalue weighted by atomic mass is 10.1. The van der Waals surface area contributed by atoms with E-state index in [4.69, 9.17) is 28.2 Å². The number of amides is 2. The smallest absolute Gasteiger partial charge is 0.313 e. The third-order valence-corrected chi connectivity index (χ3v) is 7.22. The van der Waals surface area contributed by atoms with E-state index in [0.29, 0.717) is 45.5 Å². The molecule has 0 aliphatic carbocycles. The summed E-state index contributed by atoms with van der Waals surface area (Å²) in [6.45, 7) is 4.96. The van der Waals surface area contributed by atoms with Gasteiger partial charge in [-0.15, -0.1) is 0 Å². The van der Waals surface area contributed by atoms with E-state index in [2.05, 4.69) is 12.2 Å². The number of benzene rings is 3. The molecule has 0 aliphatic heterocycles. The molecule has 1 heterocycles. The molecule has 1 N–H and O–H groups in total. The zero-order valence-electron chi connectivity index (χ0n) is 21.9. The van der Waals surface area contributed by atoms with Gasteiger partial charge in [0.05, 0.1) is 32.7 Å². The molecule has 198 valence electrons. The summed E-state index contributed by atoms with van der Waals surface area (Å²) in [6, 6.07) is 19.2. The molecule has 2 amide bonds. The molecule has 0 spiro atoms. The first-order valence-electron chi connectivity index (χ1n) is 12.5. The van der Waals surface area contributed by atoms with Crippen LogP contribution in [0.25, 0.3) is 16.6 Å². The van der Waals surface area contributed by atoms with Gasteiger partial charge in [0.25, 0.3) is 5.56 Å². The van der Waals surface area contributed by atoms with Crippen molar-refractivity contribution in [3.63, 3.8) is 0 Å². The van der Waals surface area contributed by atoms with Crippen LogP contribution in [0.3, 0.4) is 0 Å². The largest absolute Gasteiger partial charge is 0.322 e. The summed E-state index contributed by atoms with van der Waals surface area (Å²) in [5.41, 5.74) is 2.71. The van der Waals surface area contributed by atoms with Gasteiger partial charge < -0.3 is 15.1 Å². The number of hydrogen-bond donors (Lipinski definition) is 1. The van der Waals surface area contributed by atoms with Crippen molar-refractivity contribution in [1.82, 2.24) is 19.4 Å². The molecular formula is C29H31Cl2N5O2. The highest BCUT2D eigenvalue weighted by molar-refractivity contribution is 6.42. The van der Waals surface area contributed by atoms with E-state index >= 15 is 0 Å². The van der Waals surface area contributed by atoms with Crippen molar-refractivity contribution in [1.29, 1.82) is 0 Å². The SMILES string of the molecule is CCc1ccccc1-n1c(C(C)N(CCN(C)C)C(=O)Nc2ccc(Cl)c(Cl)c2)nc2ccccc2c1=O. The highest BCUT2D eigenvalue weighted by Gasteiger charge is 2.27. The minimum Gasteiger partial charge on any atom is -0.313 e. The number of hydrogen-bond acceptors (Lipinski definition) is 4. The number of rotatable bonds is 8. The fourth-order valence-corrected chi connectivity index (χ4v) is 4.68. The number of aryl methyl sites for hydroxylation is 1. The molecule has 0 fully saturated rings. The van der Waals surface area contributed by atoms with E-state index in [9.17, 15) is 9.59 Å². The van der Waals surface area contributed by atoms with Crippen molar-refractivity contribution in [2.45, 2.75) is 26.3 Å². The number of para-hydroxylation sites is 2. The van der Waals surface area contributed by atoms with Crippen LogP contribution in [0.15, 0.2) is 71.5 Å². The summed E-state index contributed by atoms with van der Waals surface area (Å²) in [5.74, 6) is 0.484. The predicted octanol–water partition coefficient (Wildman–Crippen LogP) is 6.41. The van der Waals surface area contributed by atoms with Crippen LogP contribution in [-0.4, -0.2) is 52.6 Å². The van der Waals surface area contributed by atoms with Crippen molar-refractivity contribution in [3.05, 3.63) is 98.5 Å². The summed E-state index contributed by atoms with van der Waals surface area (Å²) in [5, 5.41) is 4.20. The van der Waals surface area contributed by atoms with E-state index in [0.717, 1.165) is 17.7 Å². The van der Waals surface area contributed by atoms with Crippen LogP contribution in [0, 0.1) is 0 Å². The Morgan fingerprint density at radius 1 is 1.00 bits per heavy atom. The summed E-state index contributed by atoms with van der Waals surface area (Å²) in [6.07, 6.45) is 0.741. The third-order valence-electron chi connectivity index (χ3n) is 6.48. The number of carbonyl (C=O) groups excluding carboxylic acids is 1. The van der Waals surface area contributed by atoms with Crippen LogP contribution in [0.5, 0.6) is 0 Å². The topological polar surface area (TPSA) is 70.5 Å². The molecular weight excluding hydrogens is 521 g/mol. The molecule has 0 bridgehead atoms. The molecule has 1 aromatic heterocycles. The quantitative estimate of drug-likeness (QED) is 0.274. The van der Waals surface area contributed by atoms with Gasteiger partial charge in [0.15, 0.2) is 0 Å². The van der Waals surface area contributed by atoms with Crippen LogP contribution in [0.1, 0.15) is 31.3 Å². The Kier molecular flexibility index (Phi) is 8.72. The van der Waals surface area contributed by atoms with Crippen molar-refractivity contribution >= 4 is 45.8 Å². The van der Waals surface area contributed by atoms with Crippen LogP contribution >= 0.6 is 23.2 Å². The van der Waals surface area contributed by atoms with Gasteiger partial charge in [0, 0.05) is 18.8 Å². The van der Waals surface area contributed by atoms with Gasteiger partial charge in [0.1, 0.15) is 5.82 Å². The van der Waals surface area contributed by atoms with E-state index in [1.807, 2.05) is 68.4 Å². The Hall–Kier alpha value is -3.39. The number of halogens is 2. The van der Waals surface area contributed by atoms with Crippen LogP contribution < -0.4 is 10.9 Å². The number of urea groups is 1. The molecule has 4 rings (SSSR count). The van der Waals surface area contributed by atoms with Crippen molar-refractivity contribution < 1.29 is 4.79 Å². The number of fused-ring (bicyclic) bond motifs is 1. The molecule has 0 saturated carbocycles. The maximum Gasteiger partial charge on any atom is 0.322 e. The normalized spacial score (nSPS) is 12.1. The molecule has 0 saturated heterocycles. The van der Waals surface area contributed by atoms with Crippen molar-refractivity contribution in [3.8, 4) is 5.69 Å². The molecule has 38 heavy (non-hydrogen) atoms. The maximum absolute atomic E-state index is 13.9. The molecule has 3 aromatic carbocycles. The molecule has 0 radical (unpaired) electrons. The van der Waals surface area contributed by atoms with Crippen molar-refractivity contribution in [2.24, 2.45) is 0 Å². The van der Waals surface area contributed by atoms with E-state index < -0.39 is 6.04 Å². The number of anilines is 1. The van der Waals surface area contributed by atoms with E-state index in [-0.39, 0.29) is 11.6 Å². The Bertz CT molecular complexity index is 1520. The lowest BCUT2D eigenvalue weighted by Crippen LogP contribution is -2.43. The van der Waals surface area contributed by atoms with Gasteiger partial charge in [-0.3, -0.25) is 9.36 Å². The number of carbonyl (C=O) groups is 1. The minimum absolute atomic E-state index is 0.171. The fraction of sp³-hybridized carbons (Fsp3) is 0.276. The van der Waals surface area contributed by atoms with Gasteiger partial charge in [-0.1, -0.05) is 60.5 Å². The maximum atomic E-state index is 13.9. The van der Waals surface area contributed by atoms with Crippen LogP contribution in [0.4, 0.5) is 10.5 Å². The summed E-state index contributed by atoms with van der Waals surface area (Å²) in [7, 11) is 3.89. The third kappa shape index (κ3) is 5.85. The lowest BCUT2D eigenvalue weighted by molar-refractivity contribution is 0.181. The van der Waals surface area contributed by atoms with Crippen molar-refractivity contribution in [2.75, 3.05) is 32.5 Å². The average Bonchev–Trinajstić information content (AvgIpc) is 2.90. The summed E-state index contributed by atoms with van der Waals surface area (Å²) in [4.78, 5) is 36.2. The number of nitrogens with one attached hydrogen (secondary N) is 1. The Labute approximate surface area is 232 Å². The van der Waals surface area contributed by atoms with Gasteiger partial charge in [-0.25, -0.2) is 9.78 Å². The summed E-state index contributed by atoms with van der Waals surface area (Å²) >= 11 is 12.2. The predicted molar refractivity (Wildman–Crippen MR) is 156 cm³/mol. The van der Waals surface area contributed by atoms with Gasteiger partial charge in [0.2, 0.25) is 0 Å². The minimum atomic E-state index is -0.542. The molecule has 9 heteroatoms. The second-order valence-electron chi connectivity index (χ2n) is 9.34. The number of nitrogens with zero attached hydrogens (tertiary/aromatic N) is 4. The zero-order chi connectivity index (χ0) is 27.4. The van der Waals surface area contributed by atoms with Crippen LogP contribution in [-0.2, 0) is 6.42 Å². The second kappa shape index (κ2) is 12.0. The first-order valence-corrected chi connectivity index (χ1v) is 13.2. The molecule has 4 aromatic rings. The molecule has 0 aliphatic rings. The molecule has 1 atom stereocenters. The van der Waals surface area contributed by atoms with E-state index in [1.165, 1.54) is 0 Å². The molecule has 7 nitrogen and oxygen atoms in total. The standard InChI is InChI=1S/C29H31Cl2N5O2/c1-5-20-10-6-9-13-26(20)36-27(33-25-12-8-7-11-22(25)28(36)37)19(2)35(17-16-34(3)4)29(38)32-21-14-15-23(30)24(31)18-21/h6-15,18-19H,5,16-17H2,1-4H3,(H,32,38). The Morgan fingerprint density at radius 2 is 1.71 bits per heavy atom. The van der Waals surface area contributed by atoms with Gasteiger partial charge in [-0.05, 0) is 69.4 Å². The summed E-state index contributed by atoms with van der Waals surface area (Å²) < 4.78 is 1.65. The number of likely N-dealkylation sites (N-methyl/N-ethyl adjacent to an activating group) is 1. The van der Waals surface area contributed by atoms with Gasteiger partial charge >= 0.3 is 6.03 Å². The first-order chi connectivity index (χ1) is 18.2.